The molecule has 27 heavy (non-hydrogen) atoms. The van der Waals surface area contributed by atoms with Crippen molar-refractivity contribution in [3.05, 3.63) is 88.9 Å². The molecule has 0 fully saturated rings. The van der Waals surface area contributed by atoms with E-state index in [-0.39, 0.29) is 17.6 Å². The van der Waals surface area contributed by atoms with Gasteiger partial charge >= 0.3 is 0 Å². The average Bonchev–Trinajstić information content (AvgIpc) is 3.17. The van der Waals surface area contributed by atoms with Crippen LogP contribution in [0.4, 0.5) is 5.69 Å². The first kappa shape index (κ1) is 18.5. The highest BCUT2D eigenvalue weighted by atomic mass is 16.3. The van der Waals surface area contributed by atoms with Gasteiger partial charge in [0.1, 0.15) is 5.76 Å². The van der Waals surface area contributed by atoms with Crippen molar-refractivity contribution in [2.45, 2.75) is 26.8 Å². The van der Waals surface area contributed by atoms with Gasteiger partial charge in [-0.3, -0.25) is 9.59 Å². The van der Waals surface area contributed by atoms with Crippen LogP contribution in [-0.4, -0.2) is 11.8 Å². The molecule has 0 radical (unpaired) electrons. The van der Waals surface area contributed by atoms with E-state index in [1.165, 1.54) is 5.56 Å². The first-order valence-electron chi connectivity index (χ1n) is 8.89. The van der Waals surface area contributed by atoms with Gasteiger partial charge < -0.3 is 15.1 Å². The summed E-state index contributed by atoms with van der Waals surface area (Å²) in [7, 11) is 0. The van der Waals surface area contributed by atoms with Gasteiger partial charge in [0.05, 0.1) is 11.3 Å². The molecule has 0 saturated heterocycles. The van der Waals surface area contributed by atoms with Gasteiger partial charge in [0.2, 0.25) is 0 Å². The van der Waals surface area contributed by atoms with E-state index in [1.54, 1.807) is 36.4 Å². The van der Waals surface area contributed by atoms with Crippen LogP contribution in [0, 0.1) is 6.92 Å². The van der Waals surface area contributed by atoms with Crippen LogP contribution < -0.4 is 10.6 Å². The minimum absolute atomic E-state index is 0.224. The number of para-hydroxylation sites is 1. The molecular formula is C22H22N2O3. The van der Waals surface area contributed by atoms with E-state index in [1.807, 2.05) is 38.1 Å². The molecule has 2 aromatic carbocycles. The number of carbonyl (C=O) groups is 2. The minimum Gasteiger partial charge on any atom is -0.456 e. The second kappa shape index (κ2) is 8.36. The lowest BCUT2D eigenvalue weighted by Gasteiger charge is -2.11. The third kappa shape index (κ3) is 4.64. The number of hydrogen-bond acceptors (Lipinski definition) is 3. The zero-order valence-electron chi connectivity index (χ0n) is 15.4. The average molecular weight is 362 g/mol. The van der Waals surface area contributed by atoms with Gasteiger partial charge in [0.25, 0.3) is 11.8 Å². The van der Waals surface area contributed by atoms with Gasteiger partial charge in [0, 0.05) is 13.0 Å². The lowest BCUT2D eigenvalue weighted by molar-refractivity contribution is 0.0952. The predicted octanol–water partition coefficient (Wildman–Crippen LogP) is 4.33. The molecule has 1 heterocycles. The molecule has 138 valence electrons. The molecule has 5 nitrogen and oxygen atoms in total. The Kier molecular flexibility index (Phi) is 5.71. The van der Waals surface area contributed by atoms with Gasteiger partial charge in [-0.05, 0) is 36.8 Å². The summed E-state index contributed by atoms with van der Waals surface area (Å²) in [4.78, 5) is 25.0. The van der Waals surface area contributed by atoms with Gasteiger partial charge in [0.15, 0.2) is 5.76 Å². The highest BCUT2D eigenvalue weighted by molar-refractivity contribution is 6.07. The Morgan fingerprint density at radius 2 is 1.67 bits per heavy atom. The topological polar surface area (TPSA) is 71.3 Å². The van der Waals surface area contributed by atoms with Crippen molar-refractivity contribution in [1.82, 2.24) is 5.32 Å². The van der Waals surface area contributed by atoms with Crippen molar-refractivity contribution in [3.8, 4) is 0 Å². The summed E-state index contributed by atoms with van der Waals surface area (Å²) in [5.41, 5.74) is 3.03. The first-order valence-corrected chi connectivity index (χ1v) is 8.89. The van der Waals surface area contributed by atoms with E-state index in [9.17, 15) is 9.59 Å². The van der Waals surface area contributed by atoms with Crippen molar-refractivity contribution in [1.29, 1.82) is 0 Å². The second-order valence-electron chi connectivity index (χ2n) is 6.29. The molecule has 0 spiro atoms. The molecule has 0 aliphatic carbocycles. The Morgan fingerprint density at radius 3 is 2.37 bits per heavy atom. The molecule has 2 amide bonds. The van der Waals surface area contributed by atoms with Gasteiger partial charge in [-0.15, -0.1) is 0 Å². The van der Waals surface area contributed by atoms with E-state index in [0.717, 1.165) is 11.3 Å². The molecule has 0 bridgehead atoms. The molecular weight excluding hydrogens is 340 g/mol. The van der Waals surface area contributed by atoms with Crippen LogP contribution in [0.1, 0.15) is 44.7 Å². The Labute approximate surface area is 158 Å². The van der Waals surface area contributed by atoms with Gasteiger partial charge in [-0.25, -0.2) is 0 Å². The number of nitrogens with one attached hydrogen (secondary N) is 2. The van der Waals surface area contributed by atoms with Gasteiger partial charge in [-0.1, -0.05) is 48.9 Å². The van der Waals surface area contributed by atoms with E-state index < -0.39 is 0 Å². The van der Waals surface area contributed by atoms with E-state index >= 15 is 0 Å². The molecule has 0 atom stereocenters. The number of amides is 2. The molecule has 0 aliphatic rings. The van der Waals surface area contributed by atoms with Crippen LogP contribution in [-0.2, 0) is 13.0 Å². The van der Waals surface area contributed by atoms with Crippen molar-refractivity contribution in [2.75, 3.05) is 5.32 Å². The SMILES string of the molecule is CCc1ccc(C(=O)Nc2ccccc2C(=O)NCc2ccc(C)cc2)o1. The fourth-order valence-electron chi connectivity index (χ4n) is 2.65. The lowest BCUT2D eigenvalue weighted by atomic mass is 10.1. The van der Waals surface area contributed by atoms with Crippen molar-refractivity contribution in [2.24, 2.45) is 0 Å². The van der Waals surface area contributed by atoms with Crippen LogP contribution in [0.15, 0.2) is 65.1 Å². The van der Waals surface area contributed by atoms with Crippen LogP contribution >= 0.6 is 0 Å². The molecule has 3 aromatic rings. The number of carbonyl (C=O) groups excluding carboxylic acids is 2. The highest BCUT2D eigenvalue weighted by Crippen LogP contribution is 2.18. The molecule has 3 rings (SSSR count). The molecule has 2 N–H and O–H groups in total. The zero-order chi connectivity index (χ0) is 19.2. The van der Waals surface area contributed by atoms with Crippen molar-refractivity contribution >= 4 is 17.5 Å². The standard InChI is InChI=1S/C22H22N2O3/c1-3-17-12-13-20(27-17)22(26)24-19-7-5-4-6-18(19)21(25)23-14-16-10-8-15(2)9-11-16/h4-13H,3,14H2,1-2H3,(H,23,25)(H,24,26). The summed E-state index contributed by atoms with van der Waals surface area (Å²) in [6.45, 7) is 4.39. The second-order valence-corrected chi connectivity index (χ2v) is 6.29. The summed E-state index contributed by atoms with van der Waals surface area (Å²) < 4.78 is 5.47. The zero-order valence-corrected chi connectivity index (χ0v) is 15.4. The van der Waals surface area contributed by atoms with Crippen LogP contribution in [0.3, 0.4) is 0 Å². The molecule has 5 heteroatoms. The maximum absolute atomic E-state index is 12.6. The van der Waals surface area contributed by atoms with Crippen molar-refractivity contribution < 1.29 is 14.0 Å². The van der Waals surface area contributed by atoms with Crippen molar-refractivity contribution in [3.63, 3.8) is 0 Å². The number of benzene rings is 2. The monoisotopic (exact) mass is 362 g/mol. The van der Waals surface area contributed by atoms with E-state index in [4.69, 9.17) is 4.42 Å². The lowest BCUT2D eigenvalue weighted by Crippen LogP contribution is -2.24. The molecule has 1 aromatic heterocycles. The molecule has 0 unspecified atom stereocenters. The predicted molar refractivity (Wildman–Crippen MR) is 105 cm³/mol. The van der Waals surface area contributed by atoms with Crippen LogP contribution in [0.2, 0.25) is 0 Å². The maximum atomic E-state index is 12.6. The minimum atomic E-state index is -0.381. The Hall–Kier alpha value is -3.34. The Morgan fingerprint density at radius 1 is 0.926 bits per heavy atom. The van der Waals surface area contributed by atoms with Gasteiger partial charge in [-0.2, -0.15) is 0 Å². The number of rotatable bonds is 6. The number of hydrogen-bond donors (Lipinski definition) is 2. The number of furan rings is 1. The van der Waals surface area contributed by atoms with E-state index in [0.29, 0.717) is 24.2 Å². The summed E-state index contributed by atoms with van der Waals surface area (Å²) >= 11 is 0. The smallest absolute Gasteiger partial charge is 0.291 e. The van der Waals surface area contributed by atoms with E-state index in [2.05, 4.69) is 10.6 Å². The summed E-state index contributed by atoms with van der Waals surface area (Å²) in [6, 6.07) is 18.3. The first-order chi connectivity index (χ1) is 13.1. The highest BCUT2D eigenvalue weighted by Gasteiger charge is 2.16. The molecule has 0 saturated carbocycles. The quantitative estimate of drug-likeness (QED) is 0.685. The summed E-state index contributed by atoms with van der Waals surface area (Å²) in [6.07, 6.45) is 0.714. The fraction of sp³-hybridized carbons (Fsp3) is 0.182. The maximum Gasteiger partial charge on any atom is 0.291 e. The summed E-state index contributed by atoms with van der Waals surface area (Å²) in [5.74, 6) is 0.333. The Balaban J connectivity index is 1.69. The normalized spacial score (nSPS) is 10.4. The fourth-order valence-corrected chi connectivity index (χ4v) is 2.65. The summed E-state index contributed by atoms with van der Waals surface area (Å²) in [5, 5.41) is 5.64. The Bertz CT molecular complexity index is 942. The third-order valence-corrected chi connectivity index (χ3v) is 4.23. The number of anilines is 1. The molecule has 0 aliphatic heterocycles. The van der Waals surface area contributed by atoms with Crippen LogP contribution in [0.25, 0.3) is 0 Å². The largest absolute Gasteiger partial charge is 0.456 e. The van der Waals surface area contributed by atoms with Crippen LogP contribution in [0.5, 0.6) is 0 Å². The number of aryl methyl sites for hydroxylation is 2. The third-order valence-electron chi connectivity index (χ3n) is 4.23.